The van der Waals surface area contributed by atoms with Gasteiger partial charge in [0.2, 0.25) is 0 Å². The topological polar surface area (TPSA) is 97.6 Å². The number of benzene rings is 2. The van der Waals surface area contributed by atoms with Crippen LogP contribution >= 0.6 is 0 Å². The number of ether oxygens (including phenoxy) is 1. The summed E-state index contributed by atoms with van der Waals surface area (Å²) in [5.41, 5.74) is 0.503. The highest BCUT2D eigenvalue weighted by Crippen LogP contribution is 2.27. The van der Waals surface area contributed by atoms with Crippen LogP contribution in [0.1, 0.15) is 53.8 Å². The van der Waals surface area contributed by atoms with E-state index in [1.807, 2.05) is 0 Å². The van der Waals surface area contributed by atoms with E-state index in [0.29, 0.717) is 28.7 Å². The summed E-state index contributed by atoms with van der Waals surface area (Å²) in [6.07, 6.45) is 2.75. The fourth-order valence-corrected chi connectivity index (χ4v) is 3.43. The van der Waals surface area contributed by atoms with E-state index in [1.165, 1.54) is 12.1 Å². The molecule has 3 rings (SSSR count). The van der Waals surface area contributed by atoms with Crippen molar-refractivity contribution >= 4 is 28.5 Å². The summed E-state index contributed by atoms with van der Waals surface area (Å²) in [5, 5.41) is 13.8. The van der Waals surface area contributed by atoms with E-state index < -0.39 is 17.4 Å². The number of aromatic nitrogens is 1. The van der Waals surface area contributed by atoms with Gasteiger partial charge in [-0.1, -0.05) is 31.9 Å². The molecule has 0 aliphatic heterocycles. The summed E-state index contributed by atoms with van der Waals surface area (Å²) in [4.78, 5) is 37.8. The number of pyridine rings is 1. The average molecular weight is 422 g/mol. The van der Waals surface area contributed by atoms with Gasteiger partial charge in [-0.2, -0.15) is 0 Å². The Labute approximate surface area is 180 Å². The molecule has 1 heterocycles. The molecule has 0 bridgehead atoms. The van der Waals surface area contributed by atoms with Crippen LogP contribution in [0.5, 0.6) is 5.75 Å². The molecule has 2 aromatic carbocycles. The van der Waals surface area contributed by atoms with E-state index in [0.717, 1.165) is 19.3 Å². The molecule has 3 aromatic rings. The Morgan fingerprint density at radius 2 is 1.74 bits per heavy atom. The number of aryl methyl sites for hydroxylation is 1. The fraction of sp³-hybridized carbons (Fsp3) is 0.292. The zero-order valence-corrected chi connectivity index (χ0v) is 17.7. The number of anilines is 1. The second-order valence-corrected chi connectivity index (χ2v) is 7.16. The van der Waals surface area contributed by atoms with E-state index in [9.17, 15) is 19.5 Å². The van der Waals surface area contributed by atoms with E-state index in [-0.39, 0.29) is 17.9 Å². The van der Waals surface area contributed by atoms with E-state index in [4.69, 9.17) is 4.74 Å². The summed E-state index contributed by atoms with van der Waals surface area (Å²) >= 11 is 0. The first-order valence-corrected chi connectivity index (χ1v) is 10.4. The lowest BCUT2D eigenvalue weighted by molar-refractivity contribution is 0.0526. The van der Waals surface area contributed by atoms with Gasteiger partial charge in [0.05, 0.1) is 17.7 Å². The Morgan fingerprint density at radius 3 is 2.42 bits per heavy atom. The SMILES string of the molecule is CCCCCn1c(=O)c(C(=O)Nc2ccc(C(=O)OCC)cc2)c(O)c2ccccc21. The third-order valence-electron chi connectivity index (χ3n) is 5.01. The van der Waals surface area contributed by atoms with Crippen molar-refractivity contribution < 1.29 is 19.4 Å². The first kappa shape index (κ1) is 22.1. The molecule has 162 valence electrons. The first-order chi connectivity index (χ1) is 15.0. The zero-order valence-electron chi connectivity index (χ0n) is 17.7. The lowest BCUT2D eigenvalue weighted by atomic mass is 10.1. The van der Waals surface area contributed by atoms with Crippen LogP contribution in [0.15, 0.2) is 53.3 Å². The number of carbonyl (C=O) groups excluding carboxylic acids is 2. The summed E-state index contributed by atoms with van der Waals surface area (Å²) in [5.74, 6) is -1.50. The number of hydrogen-bond donors (Lipinski definition) is 2. The molecule has 0 fully saturated rings. The van der Waals surface area contributed by atoms with Crippen molar-refractivity contribution in [2.45, 2.75) is 39.7 Å². The molecule has 2 N–H and O–H groups in total. The third-order valence-corrected chi connectivity index (χ3v) is 5.01. The maximum atomic E-state index is 13.1. The van der Waals surface area contributed by atoms with Crippen molar-refractivity contribution in [3.63, 3.8) is 0 Å². The second kappa shape index (κ2) is 9.93. The lowest BCUT2D eigenvalue weighted by Crippen LogP contribution is -2.30. The average Bonchev–Trinajstić information content (AvgIpc) is 2.77. The summed E-state index contributed by atoms with van der Waals surface area (Å²) in [6, 6.07) is 13.1. The predicted octanol–water partition coefficient (Wildman–Crippen LogP) is 4.33. The number of rotatable bonds is 8. The number of nitrogens with one attached hydrogen (secondary N) is 1. The van der Waals surface area contributed by atoms with Crippen LogP contribution in [-0.4, -0.2) is 28.2 Å². The van der Waals surface area contributed by atoms with Gasteiger partial charge in [-0.3, -0.25) is 9.59 Å². The van der Waals surface area contributed by atoms with Crippen LogP contribution < -0.4 is 10.9 Å². The van der Waals surface area contributed by atoms with Crippen molar-refractivity contribution in [2.24, 2.45) is 0 Å². The Morgan fingerprint density at radius 1 is 1.03 bits per heavy atom. The van der Waals surface area contributed by atoms with E-state index >= 15 is 0 Å². The molecule has 0 aliphatic carbocycles. The van der Waals surface area contributed by atoms with Gasteiger partial charge in [-0.25, -0.2) is 4.79 Å². The molecule has 0 unspecified atom stereocenters. The largest absolute Gasteiger partial charge is 0.506 e. The Bertz CT molecular complexity index is 1150. The normalized spacial score (nSPS) is 10.8. The molecule has 0 aliphatic rings. The molecule has 0 radical (unpaired) electrons. The molecule has 0 saturated carbocycles. The molecular weight excluding hydrogens is 396 g/mol. The number of aromatic hydroxyl groups is 1. The number of hydrogen-bond acceptors (Lipinski definition) is 5. The molecule has 1 amide bonds. The van der Waals surface area contributed by atoms with Crippen molar-refractivity contribution in [1.29, 1.82) is 0 Å². The van der Waals surface area contributed by atoms with Crippen molar-refractivity contribution in [1.82, 2.24) is 4.57 Å². The van der Waals surface area contributed by atoms with Crippen LogP contribution in [0.3, 0.4) is 0 Å². The third kappa shape index (κ3) is 4.77. The Balaban J connectivity index is 1.95. The minimum absolute atomic E-state index is 0.267. The van der Waals surface area contributed by atoms with Crippen LogP contribution in [0.4, 0.5) is 5.69 Å². The minimum atomic E-state index is -0.707. The van der Waals surface area contributed by atoms with Gasteiger partial charge in [0, 0.05) is 17.6 Å². The highest BCUT2D eigenvalue weighted by Gasteiger charge is 2.22. The molecule has 7 nitrogen and oxygen atoms in total. The van der Waals surface area contributed by atoms with Gasteiger partial charge < -0.3 is 19.7 Å². The highest BCUT2D eigenvalue weighted by molar-refractivity contribution is 6.09. The molecule has 0 saturated heterocycles. The number of nitrogens with zero attached hydrogens (tertiary/aromatic N) is 1. The number of para-hydroxylation sites is 1. The van der Waals surface area contributed by atoms with Crippen LogP contribution in [0.25, 0.3) is 10.9 Å². The van der Waals surface area contributed by atoms with Gasteiger partial charge in [-0.05, 0) is 49.7 Å². The van der Waals surface area contributed by atoms with Gasteiger partial charge >= 0.3 is 5.97 Å². The lowest BCUT2D eigenvalue weighted by Gasteiger charge is -2.15. The van der Waals surface area contributed by atoms with Gasteiger partial charge in [0.1, 0.15) is 11.3 Å². The maximum Gasteiger partial charge on any atom is 0.338 e. The number of unbranched alkanes of at least 4 members (excludes halogenated alkanes) is 2. The van der Waals surface area contributed by atoms with E-state index in [2.05, 4.69) is 12.2 Å². The quantitative estimate of drug-likeness (QED) is 0.416. The van der Waals surface area contributed by atoms with Gasteiger partial charge in [0.25, 0.3) is 11.5 Å². The maximum absolute atomic E-state index is 13.1. The Hall–Kier alpha value is -3.61. The molecular formula is C24H26N2O5. The smallest absolute Gasteiger partial charge is 0.338 e. The monoisotopic (exact) mass is 422 g/mol. The van der Waals surface area contributed by atoms with Gasteiger partial charge in [-0.15, -0.1) is 0 Å². The van der Waals surface area contributed by atoms with Crippen molar-refractivity contribution in [3.8, 4) is 5.75 Å². The summed E-state index contributed by atoms with van der Waals surface area (Å²) in [6.45, 7) is 4.52. The van der Waals surface area contributed by atoms with Gasteiger partial charge in [0.15, 0.2) is 0 Å². The summed E-state index contributed by atoms with van der Waals surface area (Å²) in [7, 11) is 0. The zero-order chi connectivity index (χ0) is 22.4. The second-order valence-electron chi connectivity index (χ2n) is 7.16. The fourth-order valence-electron chi connectivity index (χ4n) is 3.43. The van der Waals surface area contributed by atoms with Crippen LogP contribution in [-0.2, 0) is 11.3 Å². The molecule has 0 atom stereocenters. The highest BCUT2D eigenvalue weighted by atomic mass is 16.5. The number of fused-ring (bicyclic) bond motifs is 1. The number of carbonyl (C=O) groups is 2. The Kier molecular flexibility index (Phi) is 7.07. The summed E-state index contributed by atoms with van der Waals surface area (Å²) < 4.78 is 6.49. The molecule has 7 heteroatoms. The standard InChI is InChI=1S/C24H26N2O5/c1-3-5-8-15-26-19-10-7-6-9-18(19)21(27)20(23(26)29)22(28)25-17-13-11-16(12-14-17)24(30)31-4-2/h6-7,9-14,27H,3-5,8,15H2,1-2H3,(H,25,28). The van der Waals surface area contributed by atoms with Crippen molar-refractivity contribution in [3.05, 3.63) is 70.0 Å². The molecule has 1 aromatic heterocycles. The minimum Gasteiger partial charge on any atom is -0.506 e. The van der Waals surface area contributed by atoms with Crippen molar-refractivity contribution in [2.75, 3.05) is 11.9 Å². The first-order valence-electron chi connectivity index (χ1n) is 10.4. The predicted molar refractivity (Wildman–Crippen MR) is 120 cm³/mol. The molecule has 0 spiro atoms. The van der Waals surface area contributed by atoms with Crippen LogP contribution in [0, 0.1) is 0 Å². The molecule has 31 heavy (non-hydrogen) atoms. The van der Waals surface area contributed by atoms with Crippen LogP contribution in [0.2, 0.25) is 0 Å². The number of amides is 1. The number of esters is 1. The van der Waals surface area contributed by atoms with E-state index in [1.54, 1.807) is 47.9 Å².